The number of nitrogens with one attached hydrogen (secondary N) is 2. The van der Waals surface area contributed by atoms with E-state index >= 15 is 0 Å². The van der Waals surface area contributed by atoms with Gasteiger partial charge in [0.25, 0.3) is 5.91 Å². The molecule has 1 fully saturated rings. The lowest BCUT2D eigenvalue weighted by Crippen LogP contribution is -2.32. The number of pyridine rings is 1. The fourth-order valence-corrected chi connectivity index (χ4v) is 3.19. The molecule has 2 heterocycles. The molecule has 1 aliphatic rings. The van der Waals surface area contributed by atoms with Gasteiger partial charge in [-0.3, -0.25) is 4.79 Å². The number of carbonyl (C=O) groups excluding carboxylic acids is 1. The van der Waals surface area contributed by atoms with Gasteiger partial charge >= 0.3 is 0 Å². The van der Waals surface area contributed by atoms with E-state index in [0.29, 0.717) is 18.2 Å². The Bertz CT molecular complexity index is 750. The number of hydrogen-bond acceptors (Lipinski definition) is 4. The summed E-state index contributed by atoms with van der Waals surface area (Å²) in [5.41, 5.74) is 4.86. The third-order valence-corrected chi connectivity index (χ3v) is 4.71. The zero-order chi connectivity index (χ0) is 18.5. The van der Waals surface area contributed by atoms with Gasteiger partial charge < -0.3 is 15.4 Å². The first kappa shape index (κ1) is 18.4. The molecule has 3 rings (SSSR count). The van der Waals surface area contributed by atoms with Crippen LogP contribution in [0.25, 0.3) is 0 Å². The molecule has 1 amide bonds. The standard InChI is InChI=1S/C21H27N3O2/c1-14(2)18-8-4-6-15(3)20(18)24-16-9-10-19(22-12-16)21(25)23-13-17-7-5-11-26-17/h4,6,8-10,12,14,17,24H,5,7,11,13H2,1-3H3,(H,23,25). The van der Waals surface area contributed by atoms with Crippen molar-refractivity contribution in [3.05, 3.63) is 53.3 Å². The van der Waals surface area contributed by atoms with Crippen LogP contribution in [-0.4, -0.2) is 30.1 Å². The molecule has 0 radical (unpaired) electrons. The predicted molar refractivity (Wildman–Crippen MR) is 104 cm³/mol. The number of hydrogen-bond donors (Lipinski definition) is 2. The number of benzene rings is 1. The summed E-state index contributed by atoms with van der Waals surface area (Å²) in [6, 6.07) is 9.95. The van der Waals surface area contributed by atoms with E-state index in [4.69, 9.17) is 4.74 Å². The fraction of sp³-hybridized carbons (Fsp3) is 0.429. The first-order valence-corrected chi connectivity index (χ1v) is 9.27. The van der Waals surface area contributed by atoms with Crippen molar-refractivity contribution >= 4 is 17.3 Å². The lowest BCUT2D eigenvalue weighted by molar-refractivity contribution is 0.0854. The summed E-state index contributed by atoms with van der Waals surface area (Å²) in [4.78, 5) is 16.5. The Morgan fingerprint density at radius 3 is 2.81 bits per heavy atom. The maximum absolute atomic E-state index is 12.2. The molecular weight excluding hydrogens is 326 g/mol. The van der Waals surface area contributed by atoms with Gasteiger partial charge in [0, 0.05) is 18.8 Å². The summed E-state index contributed by atoms with van der Waals surface area (Å²) in [5, 5.41) is 6.35. The number of aryl methyl sites for hydroxylation is 1. The van der Waals surface area contributed by atoms with Crippen molar-refractivity contribution in [2.45, 2.75) is 45.6 Å². The van der Waals surface area contributed by atoms with Gasteiger partial charge in [-0.2, -0.15) is 0 Å². The molecule has 138 valence electrons. The van der Waals surface area contributed by atoms with Crippen LogP contribution in [0.3, 0.4) is 0 Å². The summed E-state index contributed by atoms with van der Waals surface area (Å²) in [7, 11) is 0. The van der Waals surface area contributed by atoms with Gasteiger partial charge in [-0.15, -0.1) is 0 Å². The largest absolute Gasteiger partial charge is 0.376 e. The zero-order valence-electron chi connectivity index (χ0n) is 15.7. The molecule has 0 bridgehead atoms. The molecule has 1 unspecified atom stereocenters. The summed E-state index contributed by atoms with van der Waals surface area (Å²) >= 11 is 0. The van der Waals surface area contributed by atoms with E-state index in [2.05, 4.69) is 54.6 Å². The minimum Gasteiger partial charge on any atom is -0.376 e. The van der Waals surface area contributed by atoms with Gasteiger partial charge in [0.15, 0.2) is 0 Å². The van der Waals surface area contributed by atoms with Gasteiger partial charge in [-0.1, -0.05) is 32.0 Å². The normalized spacial score (nSPS) is 16.7. The number of nitrogens with zero attached hydrogens (tertiary/aromatic N) is 1. The minimum absolute atomic E-state index is 0.135. The van der Waals surface area contributed by atoms with Crippen LogP contribution in [0, 0.1) is 6.92 Å². The van der Waals surface area contributed by atoms with E-state index in [-0.39, 0.29) is 12.0 Å². The number of para-hydroxylation sites is 1. The highest BCUT2D eigenvalue weighted by Gasteiger charge is 2.17. The molecule has 5 nitrogen and oxygen atoms in total. The Balaban J connectivity index is 1.65. The highest BCUT2D eigenvalue weighted by molar-refractivity contribution is 5.92. The molecule has 1 aliphatic heterocycles. The quantitative estimate of drug-likeness (QED) is 0.818. The molecule has 1 aromatic heterocycles. The van der Waals surface area contributed by atoms with Crippen molar-refractivity contribution < 1.29 is 9.53 Å². The third kappa shape index (κ3) is 4.41. The number of amides is 1. The van der Waals surface area contributed by atoms with E-state index in [1.807, 2.05) is 6.07 Å². The maximum atomic E-state index is 12.2. The maximum Gasteiger partial charge on any atom is 0.269 e. The van der Waals surface area contributed by atoms with Gasteiger partial charge in [-0.05, 0) is 48.9 Å². The van der Waals surface area contributed by atoms with Crippen LogP contribution in [0.15, 0.2) is 36.5 Å². The average Bonchev–Trinajstić information content (AvgIpc) is 3.15. The van der Waals surface area contributed by atoms with Crippen LogP contribution in [0.1, 0.15) is 54.2 Å². The molecule has 1 aromatic carbocycles. The van der Waals surface area contributed by atoms with E-state index in [9.17, 15) is 4.79 Å². The van der Waals surface area contributed by atoms with Gasteiger partial charge in [0.05, 0.1) is 18.0 Å². The smallest absolute Gasteiger partial charge is 0.269 e. The number of rotatable bonds is 6. The second-order valence-corrected chi connectivity index (χ2v) is 7.10. The first-order chi connectivity index (χ1) is 12.5. The van der Waals surface area contributed by atoms with Gasteiger partial charge in [-0.25, -0.2) is 4.98 Å². The van der Waals surface area contributed by atoms with Crippen LogP contribution < -0.4 is 10.6 Å². The fourth-order valence-electron chi connectivity index (χ4n) is 3.19. The Hall–Kier alpha value is -2.40. The van der Waals surface area contributed by atoms with Crippen LogP contribution in [0.2, 0.25) is 0 Å². The van der Waals surface area contributed by atoms with E-state index < -0.39 is 0 Å². The van der Waals surface area contributed by atoms with Crippen molar-refractivity contribution in [1.82, 2.24) is 10.3 Å². The second-order valence-electron chi connectivity index (χ2n) is 7.10. The molecule has 2 N–H and O–H groups in total. The Kier molecular flexibility index (Phi) is 5.89. The lowest BCUT2D eigenvalue weighted by Gasteiger charge is -2.17. The molecule has 5 heteroatoms. The minimum atomic E-state index is -0.161. The predicted octanol–water partition coefficient (Wildman–Crippen LogP) is 4.17. The van der Waals surface area contributed by atoms with Gasteiger partial charge in [0.1, 0.15) is 5.69 Å². The van der Waals surface area contributed by atoms with Crippen LogP contribution >= 0.6 is 0 Å². The molecule has 0 saturated carbocycles. The highest BCUT2D eigenvalue weighted by atomic mass is 16.5. The molecular formula is C21H27N3O2. The molecule has 26 heavy (non-hydrogen) atoms. The van der Waals surface area contributed by atoms with Crippen molar-refractivity contribution in [2.75, 3.05) is 18.5 Å². The Labute approximate surface area is 155 Å². The summed E-state index contributed by atoms with van der Waals surface area (Å²) < 4.78 is 5.52. The van der Waals surface area contributed by atoms with Gasteiger partial charge in [0.2, 0.25) is 0 Å². The zero-order valence-corrected chi connectivity index (χ0v) is 15.7. The third-order valence-electron chi connectivity index (χ3n) is 4.71. The van der Waals surface area contributed by atoms with Crippen LogP contribution in [0.4, 0.5) is 11.4 Å². The topological polar surface area (TPSA) is 63.2 Å². The van der Waals surface area contributed by atoms with Crippen molar-refractivity contribution in [1.29, 1.82) is 0 Å². The van der Waals surface area contributed by atoms with E-state index in [1.54, 1.807) is 12.3 Å². The van der Waals surface area contributed by atoms with Crippen molar-refractivity contribution in [2.24, 2.45) is 0 Å². The van der Waals surface area contributed by atoms with Crippen molar-refractivity contribution in [3.63, 3.8) is 0 Å². The number of ether oxygens (including phenoxy) is 1. The number of aromatic nitrogens is 1. The summed E-state index contributed by atoms with van der Waals surface area (Å²) in [6.07, 6.45) is 3.91. The molecule has 0 spiro atoms. The monoisotopic (exact) mass is 353 g/mol. The van der Waals surface area contributed by atoms with E-state index in [1.165, 1.54) is 11.1 Å². The number of anilines is 2. The molecule has 0 aliphatic carbocycles. The van der Waals surface area contributed by atoms with Crippen LogP contribution in [-0.2, 0) is 4.74 Å². The highest BCUT2D eigenvalue weighted by Crippen LogP contribution is 2.30. The van der Waals surface area contributed by atoms with Crippen LogP contribution in [0.5, 0.6) is 0 Å². The summed E-state index contributed by atoms with van der Waals surface area (Å²) in [6.45, 7) is 7.78. The Morgan fingerprint density at radius 1 is 1.31 bits per heavy atom. The first-order valence-electron chi connectivity index (χ1n) is 9.27. The lowest BCUT2D eigenvalue weighted by atomic mass is 9.98. The average molecular weight is 353 g/mol. The second kappa shape index (κ2) is 8.32. The molecule has 1 atom stereocenters. The molecule has 1 saturated heterocycles. The SMILES string of the molecule is Cc1cccc(C(C)C)c1Nc1ccc(C(=O)NCC2CCCO2)nc1. The van der Waals surface area contributed by atoms with Crippen molar-refractivity contribution in [3.8, 4) is 0 Å². The van der Waals surface area contributed by atoms with E-state index in [0.717, 1.165) is 30.8 Å². The Morgan fingerprint density at radius 2 is 2.15 bits per heavy atom. The number of carbonyl (C=O) groups is 1. The molecule has 2 aromatic rings. The summed E-state index contributed by atoms with van der Waals surface area (Å²) in [5.74, 6) is 0.263.